The SMILES string of the molecule is CCCC(NCc1ccc(-c2ccc(Br)c(C)c2)o1)c1ccccc1. The Hall–Kier alpha value is -1.84. The van der Waals surface area contributed by atoms with Gasteiger partial charge in [0.25, 0.3) is 0 Å². The lowest BCUT2D eigenvalue weighted by Crippen LogP contribution is -2.20. The molecule has 1 atom stereocenters. The van der Waals surface area contributed by atoms with Crippen LogP contribution in [0, 0.1) is 6.92 Å². The van der Waals surface area contributed by atoms with Crippen LogP contribution in [-0.2, 0) is 6.54 Å². The van der Waals surface area contributed by atoms with Crippen molar-refractivity contribution in [2.45, 2.75) is 39.3 Å². The maximum atomic E-state index is 6.05. The molecule has 1 aromatic heterocycles. The van der Waals surface area contributed by atoms with Gasteiger partial charge >= 0.3 is 0 Å². The summed E-state index contributed by atoms with van der Waals surface area (Å²) in [6, 6.07) is 21.4. The molecule has 130 valence electrons. The lowest BCUT2D eigenvalue weighted by atomic mass is 10.0. The third-order valence-corrected chi connectivity index (χ3v) is 5.30. The van der Waals surface area contributed by atoms with Crippen molar-refractivity contribution in [3.05, 3.63) is 82.0 Å². The van der Waals surface area contributed by atoms with E-state index in [9.17, 15) is 0 Å². The van der Waals surface area contributed by atoms with E-state index in [4.69, 9.17) is 4.42 Å². The first kappa shape index (κ1) is 18.0. The van der Waals surface area contributed by atoms with Crippen LogP contribution in [0.2, 0.25) is 0 Å². The quantitative estimate of drug-likeness (QED) is 0.482. The van der Waals surface area contributed by atoms with Crippen LogP contribution in [0.5, 0.6) is 0 Å². The molecule has 0 aliphatic carbocycles. The largest absolute Gasteiger partial charge is 0.460 e. The summed E-state index contributed by atoms with van der Waals surface area (Å²) in [7, 11) is 0. The van der Waals surface area contributed by atoms with Gasteiger partial charge in [-0.3, -0.25) is 0 Å². The van der Waals surface area contributed by atoms with E-state index in [1.165, 1.54) is 11.1 Å². The number of halogens is 1. The third-order valence-electron chi connectivity index (χ3n) is 4.41. The predicted molar refractivity (Wildman–Crippen MR) is 108 cm³/mol. The lowest BCUT2D eigenvalue weighted by molar-refractivity contribution is 0.439. The number of hydrogen-bond acceptors (Lipinski definition) is 2. The Morgan fingerprint density at radius 1 is 1.04 bits per heavy atom. The average Bonchev–Trinajstić information content (AvgIpc) is 3.11. The Balaban J connectivity index is 1.69. The maximum absolute atomic E-state index is 6.05. The maximum Gasteiger partial charge on any atom is 0.134 e. The number of furan rings is 1. The summed E-state index contributed by atoms with van der Waals surface area (Å²) in [5.74, 6) is 1.88. The lowest BCUT2D eigenvalue weighted by Gasteiger charge is -2.17. The molecule has 0 spiro atoms. The van der Waals surface area contributed by atoms with Gasteiger partial charge in [-0.15, -0.1) is 0 Å². The van der Waals surface area contributed by atoms with Crippen LogP contribution < -0.4 is 5.32 Å². The molecule has 0 aliphatic heterocycles. The minimum absolute atomic E-state index is 0.356. The first-order valence-electron chi connectivity index (χ1n) is 8.81. The molecule has 0 aliphatic rings. The van der Waals surface area contributed by atoms with Crippen molar-refractivity contribution in [1.82, 2.24) is 5.32 Å². The summed E-state index contributed by atoms with van der Waals surface area (Å²) in [5.41, 5.74) is 3.65. The molecule has 0 saturated carbocycles. The van der Waals surface area contributed by atoms with Crippen LogP contribution in [0.15, 0.2) is 69.6 Å². The first-order valence-corrected chi connectivity index (χ1v) is 9.60. The molecular weight excluding hydrogens is 374 g/mol. The molecule has 2 aromatic carbocycles. The topological polar surface area (TPSA) is 25.2 Å². The molecule has 0 radical (unpaired) electrons. The normalized spacial score (nSPS) is 12.3. The fourth-order valence-electron chi connectivity index (χ4n) is 3.01. The van der Waals surface area contributed by atoms with Gasteiger partial charge in [0.2, 0.25) is 0 Å². The van der Waals surface area contributed by atoms with Crippen LogP contribution in [0.4, 0.5) is 0 Å². The van der Waals surface area contributed by atoms with E-state index in [2.05, 4.69) is 95.8 Å². The second-order valence-electron chi connectivity index (χ2n) is 6.36. The molecule has 0 fully saturated rings. The first-order chi connectivity index (χ1) is 12.2. The Labute approximate surface area is 158 Å². The van der Waals surface area contributed by atoms with Crippen LogP contribution in [-0.4, -0.2) is 0 Å². The Kier molecular flexibility index (Phi) is 6.11. The molecule has 1 heterocycles. The summed E-state index contributed by atoms with van der Waals surface area (Å²) in [5, 5.41) is 3.64. The molecule has 3 aromatic rings. The van der Waals surface area contributed by atoms with E-state index in [1.54, 1.807) is 0 Å². The molecular formula is C22H24BrNO. The summed E-state index contributed by atoms with van der Waals surface area (Å²) < 4.78 is 7.17. The van der Waals surface area contributed by atoms with E-state index >= 15 is 0 Å². The van der Waals surface area contributed by atoms with Crippen molar-refractivity contribution in [1.29, 1.82) is 0 Å². The fraction of sp³-hybridized carbons (Fsp3) is 0.273. The van der Waals surface area contributed by atoms with Crippen LogP contribution in [0.3, 0.4) is 0 Å². The molecule has 2 nitrogen and oxygen atoms in total. The number of aryl methyl sites for hydroxylation is 1. The average molecular weight is 398 g/mol. The standard InChI is InChI=1S/C22H24BrNO/c1-3-7-21(17-8-5-4-6-9-17)24-15-19-11-13-22(25-19)18-10-12-20(23)16(2)14-18/h4-6,8-14,21,24H,3,7,15H2,1-2H3. The van der Waals surface area contributed by atoms with Crippen molar-refractivity contribution in [3.8, 4) is 11.3 Å². The van der Waals surface area contributed by atoms with Gasteiger partial charge in [0.15, 0.2) is 0 Å². The van der Waals surface area contributed by atoms with Crippen molar-refractivity contribution in [3.63, 3.8) is 0 Å². The summed E-state index contributed by atoms with van der Waals surface area (Å²) in [6.45, 7) is 5.04. The van der Waals surface area contributed by atoms with E-state index in [-0.39, 0.29) is 0 Å². The molecule has 25 heavy (non-hydrogen) atoms. The van der Waals surface area contributed by atoms with Crippen molar-refractivity contribution in [2.24, 2.45) is 0 Å². The Bertz CT molecular complexity index is 810. The van der Waals surface area contributed by atoms with E-state index in [0.29, 0.717) is 6.04 Å². The summed E-state index contributed by atoms with van der Waals surface area (Å²) in [6.07, 6.45) is 2.26. The van der Waals surface area contributed by atoms with Crippen molar-refractivity contribution in [2.75, 3.05) is 0 Å². The molecule has 0 amide bonds. The Morgan fingerprint density at radius 2 is 1.84 bits per heavy atom. The van der Waals surface area contributed by atoms with Gasteiger partial charge in [0.05, 0.1) is 6.54 Å². The van der Waals surface area contributed by atoms with Gasteiger partial charge in [-0.1, -0.05) is 65.7 Å². The Morgan fingerprint density at radius 3 is 2.56 bits per heavy atom. The second-order valence-corrected chi connectivity index (χ2v) is 7.22. The summed E-state index contributed by atoms with van der Waals surface area (Å²) >= 11 is 3.54. The number of nitrogens with one attached hydrogen (secondary N) is 1. The minimum atomic E-state index is 0.356. The fourth-order valence-corrected chi connectivity index (χ4v) is 3.26. The van der Waals surface area contributed by atoms with Crippen molar-refractivity contribution >= 4 is 15.9 Å². The van der Waals surface area contributed by atoms with Crippen LogP contribution in [0.25, 0.3) is 11.3 Å². The van der Waals surface area contributed by atoms with E-state index < -0.39 is 0 Å². The van der Waals surface area contributed by atoms with Gasteiger partial charge in [0, 0.05) is 16.1 Å². The molecule has 3 heteroatoms. The van der Waals surface area contributed by atoms with Crippen LogP contribution in [0.1, 0.15) is 42.7 Å². The second kappa shape index (κ2) is 8.50. The highest BCUT2D eigenvalue weighted by atomic mass is 79.9. The number of hydrogen-bond donors (Lipinski definition) is 1. The third kappa shape index (κ3) is 4.62. The summed E-state index contributed by atoms with van der Waals surface area (Å²) in [4.78, 5) is 0. The highest BCUT2D eigenvalue weighted by Crippen LogP contribution is 2.27. The predicted octanol–water partition coefficient (Wildman–Crippen LogP) is 6.65. The molecule has 0 bridgehead atoms. The van der Waals surface area contributed by atoms with Gasteiger partial charge < -0.3 is 9.73 Å². The zero-order valence-corrected chi connectivity index (χ0v) is 16.3. The molecule has 3 rings (SSSR count). The zero-order valence-electron chi connectivity index (χ0n) is 14.8. The van der Waals surface area contributed by atoms with Crippen molar-refractivity contribution < 1.29 is 4.42 Å². The van der Waals surface area contributed by atoms with Gasteiger partial charge in [-0.25, -0.2) is 0 Å². The molecule has 1 unspecified atom stereocenters. The minimum Gasteiger partial charge on any atom is -0.460 e. The number of benzene rings is 2. The molecule has 1 N–H and O–H groups in total. The monoisotopic (exact) mass is 397 g/mol. The number of rotatable bonds is 7. The van der Waals surface area contributed by atoms with Crippen LogP contribution >= 0.6 is 15.9 Å². The van der Waals surface area contributed by atoms with Gasteiger partial charge in [-0.2, -0.15) is 0 Å². The molecule has 0 saturated heterocycles. The smallest absolute Gasteiger partial charge is 0.134 e. The van der Waals surface area contributed by atoms with Gasteiger partial charge in [0.1, 0.15) is 11.5 Å². The highest BCUT2D eigenvalue weighted by molar-refractivity contribution is 9.10. The zero-order chi connectivity index (χ0) is 17.6. The van der Waals surface area contributed by atoms with E-state index in [0.717, 1.165) is 40.9 Å². The van der Waals surface area contributed by atoms with E-state index in [1.807, 2.05) is 0 Å². The highest BCUT2D eigenvalue weighted by Gasteiger charge is 2.11. The van der Waals surface area contributed by atoms with Gasteiger partial charge in [-0.05, 0) is 48.7 Å².